The quantitative estimate of drug-likeness (QED) is 0.612. The molecular weight excluding hydrogens is 420 g/mol. The van der Waals surface area contributed by atoms with Crippen molar-refractivity contribution in [3.63, 3.8) is 0 Å². The molecule has 170 valence electrons. The predicted molar refractivity (Wildman–Crippen MR) is 126 cm³/mol. The van der Waals surface area contributed by atoms with Crippen molar-refractivity contribution in [3.8, 4) is 23.3 Å². The van der Waals surface area contributed by atoms with E-state index in [0.29, 0.717) is 48.7 Å². The topological polar surface area (TPSA) is 96.7 Å². The van der Waals surface area contributed by atoms with Gasteiger partial charge in [0.1, 0.15) is 23.3 Å². The number of nitrogens with zero attached hydrogens (tertiary/aromatic N) is 3. The van der Waals surface area contributed by atoms with Crippen molar-refractivity contribution in [3.05, 3.63) is 48.2 Å². The summed E-state index contributed by atoms with van der Waals surface area (Å²) in [6.45, 7) is 1.33. The maximum Gasteiger partial charge on any atom is 0.227 e. The number of piperidine rings is 1. The molecule has 0 radical (unpaired) electrons. The van der Waals surface area contributed by atoms with Crippen molar-refractivity contribution >= 4 is 28.2 Å². The highest BCUT2D eigenvalue weighted by Crippen LogP contribution is 2.34. The summed E-state index contributed by atoms with van der Waals surface area (Å²) < 4.78 is 15.9. The molecule has 0 atom stereocenters. The molecule has 0 aliphatic carbocycles. The van der Waals surface area contributed by atoms with Crippen LogP contribution in [0.1, 0.15) is 18.4 Å². The van der Waals surface area contributed by atoms with Gasteiger partial charge in [0.15, 0.2) is 0 Å². The molecule has 1 aliphatic heterocycles. The van der Waals surface area contributed by atoms with E-state index in [1.54, 1.807) is 45.7 Å². The van der Waals surface area contributed by atoms with Crippen molar-refractivity contribution in [1.82, 2.24) is 4.98 Å². The summed E-state index contributed by atoms with van der Waals surface area (Å²) in [6, 6.07) is 13.2. The molecule has 1 amide bonds. The first-order valence-corrected chi connectivity index (χ1v) is 10.7. The molecule has 1 saturated heterocycles. The molecule has 0 unspecified atom stereocenters. The first-order valence-electron chi connectivity index (χ1n) is 10.7. The van der Waals surface area contributed by atoms with E-state index in [0.717, 1.165) is 22.3 Å². The average Bonchev–Trinajstić information content (AvgIpc) is 2.87. The monoisotopic (exact) mass is 446 g/mol. The summed E-state index contributed by atoms with van der Waals surface area (Å²) in [6.07, 6.45) is 2.96. The predicted octanol–water partition coefficient (Wildman–Crippen LogP) is 3.99. The van der Waals surface area contributed by atoms with Crippen molar-refractivity contribution in [2.24, 2.45) is 5.92 Å². The maximum atomic E-state index is 12.9. The smallest absolute Gasteiger partial charge is 0.227 e. The van der Waals surface area contributed by atoms with Crippen molar-refractivity contribution in [2.75, 3.05) is 44.6 Å². The number of carbonyl (C=O) groups excluding carboxylic acids is 1. The molecule has 0 saturated carbocycles. The fourth-order valence-corrected chi connectivity index (χ4v) is 4.20. The second-order valence-electron chi connectivity index (χ2n) is 7.87. The Hall–Kier alpha value is -3.99. The number of ether oxygens (including phenoxy) is 3. The average molecular weight is 447 g/mol. The van der Waals surface area contributed by atoms with E-state index < -0.39 is 0 Å². The minimum Gasteiger partial charge on any atom is -0.497 e. The number of fused-ring (bicyclic) bond motifs is 1. The first-order chi connectivity index (χ1) is 16.1. The lowest BCUT2D eigenvalue weighted by Gasteiger charge is -2.34. The van der Waals surface area contributed by atoms with Gasteiger partial charge in [0.25, 0.3) is 0 Å². The molecule has 1 N–H and O–H groups in total. The first kappa shape index (κ1) is 22.2. The van der Waals surface area contributed by atoms with Crippen LogP contribution >= 0.6 is 0 Å². The van der Waals surface area contributed by atoms with E-state index in [1.165, 1.54) is 0 Å². The number of carbonyl (C=O) groups is 1. The Balaban J connectivity index is 1.50. The molecule has 0 spiro atoms. The Morgan fingerprint density at radius 3 is 2.30 bits per heavy atom. The second kappa shape index (κ2) is 9.65. The summed E-state index contributed by atoms with van der Waals surface area (Å²) in [4.78, 5) is 19.5. The van der Waals surface area contributed by atoms with Gasteiger partial charge in [-0.25, -0.2) is 0 Å². The zero-order chi connectivity index (χ0) is 23.4. The molecule has 8 heteroatoms. The molecular formula is C25H26N4O4. The SMILES string of the molecule is COc1cc(NC(=O)C2CCN(c3c(C#N)cnc4cc(OC)ccc34)CC2)cc(OC)c1. The number of methoxy groups -OCH3 is 3. The Labute approximate surface area is 192 Å². The highest BCUT2D eigenvalue weighted by molar-refractivity contribution is 5.96. The van der Waals surface area contributed by atoms with Gasteiger partial charge >= 0.3 is 0 Å². The van der Waals surface area contributed by atoms with Gasteiger partial charge in [0, 0.05) is 60.5 Å². The van der Waals surface area contributed by atoms with E-state index in [4.69, 9.17) is 14.2 Å². The molecule has 4 rings (SSSR count). The summed E-state index contributed by atoms with van der Waals surface area (Å²) >= 11 is 0. The fourth-order valence-electron chi connectivity index (χ4n) is 4.20. The largest absolute Gasteiger partial charge is 0.497 e. The van der Waals surface area contributed by atoms with E-state index in [2.05, 4.69) is 21.3 Å². The van der Waals surface area contributed by atoms with Crippen LogP contribution in [0.3, 0.4) is 0 Å². The van der Waals surface area contributed by atoms with Gasteiger partial charge in [-0.05, 0) is 25.0 Å². The number of nitriles is 1. The molecule has 1 fully saturated rings. The standard InChI is InChI=1S/C25H26N4O4/c1-31-19-4-5-22-23(13-19)27-15-17(14-26)24(22)29-8-6-16(7-9-29)25(30)28-18-10-20(32-2)12-21(11-18)33-3/h4-5,10-13,15-16H,6-9H2,1-3H3,(H,28,30). The number of pyridine rings is 1. The van der Waals surface area contributed by atoms with Gasteiger partial charge in [0.2, 0.25) is 5.91 Å². The zero-order valence-corrected chi connectivity index (χ0v) is 18.9. The van der Waals surface area contributed by atoms with Crippen LogP contribution in [0.5, 0.6) is 17.2 Å². The normalized spacial score (nSPS) is 13.9. The van der Waals surface area contributed by atoms with Crippen LogP contribution in [0, 0.1) is 17.2 Å². The summed E-state index contributed by atoms with van der Waals surface area (Å²) in [5.74, 6) is 1.79. The van der Waals surface area contributed by atoms with E-state index in [-0.39, 0.29) is 11.8 Å². The molecule has 1 aromatic heterocycles. The highest BCUT2D eigenvalue weighted by Gasteiger charge is 2.27. The summed E-state index contributed by atoms with van der Waals surface area (Å²) in [5, 5.41) is 13.6. The summed E-state index contributed by atoms with van der Waals surface area (Å²) in [7, 11) is 4.76. The number of hydrogen-bond acceptors (Lipinski definition) is 7. The van der Waals surface area contributed by atoms with Gasteiger partial charge in [-0.15, -0.1) is 0 Å². The van der Waals surface area contributed by atoms with Crippen molar-refractivity contribution in [2.45, 2.75) is 12.8 Å². The minimum atomic E-state index is -0.128. The Kier molecular flexibility index (Phi) is 6.50. The van der Waals surface area contributed by atoms with Crippen LogP contribution in [-0.2, 0) is 4.79 Å². The lowest BCUT2D eigenvalue weighted by molar-refractivity contribution is -0.120. The van der Waals surface area contributed by atoms with Crippen molar-refractivity contribution < 1.29 is 19.0 Å². The van der Waals surface area contributed by atoms with Crippen LogP contribution in [0.25, 0.3) is 10.9 Å². The van der Waals surface area contributed by atoms with Gasteiger partial charge in [0.05, 0.1) is 38.1 Å². The number of hydrogen-bond donors (Lipinski definition) is 1. The maximum absolute atomic E-state index is 12.9. The van der Waals surface area contributed by atoms with Crippen LogP contribution < -0.4 is 24.4 Å². The third kappa shape index (κ3) is 4.62. The molecule has 8 nitrogen and oxygen atoms in total. The third-order valence-corrected chi connectivity index (χ3v) is 5.97. The number of benzene rings is 2. The Bertz CT molecular complexity index is 1190. The Morgan fingerprint density at radius 1 is 1.03 bits per heavy atom. The molecule has 3 aromatic rings. The van der Waals surface area contributed by atoms with Crippen LogP contribution in [0.4, 0.5) is 11.4 Å². The van der Waals surface area contributed by atoms with Gasteiger partial charge in [-0.1, -0.05) is 0 Å². The number of amides is 1. The molecule has 33 heavy (non-hydrogen) atoms. The molecule has 1 aliphatic rings. The molecule has 2 aromatic carbocycles. The molecule has 2 heterocycles. The second-order valence-corrected chi connectivity index (χ2v) is 7.87. The summed E-state index contributed by atoms with van der Waals surface area (Å²) in [5.41, 5.74) is 2.80. The van der Waals surface area contributed by atoms with Gasteiger partial charge < -0.3 is 24.4 Å². The van der Waals surface area contributed by atoms with E-state index >= 15 is 0 Å². The van der Waals surface area contributed by atoms with Gasteiger partial charge in [-0.2, -0.15) is 5.26 Å². The van der Waals surface area contributed by atoms with E-state index in [1.807, 2.05) is 18.2 Å². The lowest BCUT2D eigenvalue weighted by Crippen LogP contribution is -2.38. The van der Waals surface area contributed by atoms with Crippen LogP contribution in [0.15, 0.2) is 42.6 Å². The fraction of sp³-hybridized carbons (Fsp3) is 0.320. The number of rotatable bonds is 6. The number of nitrogens with one attached hydrogen (secondary N) is 1. The lowest BCUT2D eigenvalue weighted by atomic mass is 9.94. The van der Waals surface area contributed by atoms with E-state index in [9.17, 15) is 10.1 Å². The van der Waals surface area contributed by atoms with Crippen LogP contribution in [0.2, 0.25) is 0 Å². The zero-order valence-electron chi connectivity index (χ0n) is 18.9. The Morgan fingerprint density at radius 2 is 1.70 bits per heavy atom. The molecule has 0 bridgehead atoms. The minimum absolute atomic E-state index is 0.0326. The highest BCUT2D eigenvalue weighted by atomic mass is 16.5. The third-order valence-electron chi connectivity index (χ3n) is 5.97. The van der Waals surface area contributed by atoms with Gasteiger partial charge in [-0.3, -0.25) is 9.78 Å². The van der Waals surface area contributed by atoms with Crippen LogP contribution in [-0.4, -0.2) is 45.3 Å². The number of aromatic nitrogens is 1. The number of anilines is 2. The van der Waals surface area contributed by atoms with Crippen molar-refractivity contribution in [1.29, 1.82) is 5.26 Å².